The Hall–Kier alpha value is -1.30. The van der Waals surface area contributed by atoms with Crippen molar-refractivity contribution in [2.75, 3.05) is 26.3 Å². The van der Waals surface area contributed by atoms with Gasteiger partial charge in [0, 0.05) is 31.3 Å². The van der Waals surface area contributed by atoms with E-state index in [9.17, 15) is 5.11 Å². The first kappa shape index (κ1) is 23.4. The van der Waals surface area contributed by atoms with Crippen molar-refractivity contribution in [3.63, 3.8) is 0 Å². The summed E-state index contributed by atoms with van der Waals surface area (Å²) in [5.41, 5.74) is 2.56. The van der Waals surface area contributed by atoms with Gasteiger partial charge < -0.3 is 14.6 Å². The Morgan fingerprint density at radius 2 is 1.93 bits per heavy atom. The van der Waals surface area contributed by atoms with Crippen LogP contribution in [-0.4, -0.2) is 48.5 Å². The van der Waals surface area contributed by atoms with Crippen molar-refractivity contribution in [3.05, 3.63) is 63.6 Å². The van der Waals surface area contributed by atoms with Gasteiger partial charge in [-0.1, -0.05) is 61.3 Å². The molecule has 30 heavy (non-hydrogen) atoms. The highest BCUT2D eigenvalue weighted by molar-refractivity contribution is 6.35. The summed E-state index contributed by atoms with van der Waals surface area (Å²) in [6.45, 7) is 7.43. The summed E-state index contributed by atoms with van der Waals surface area (Å²) < 4.78 is 11.5. The predicted molar refractivity (Wildman–Crippen MR) is 123 cm³/mol. The van der Waals surface area contributed by atoms with Crippen molar-refractivity contribution in [1.29, 1.82) is 0 Å². The fourth-order valence-corrected chi connectivity index (χ4v) is 4.14. The van der Waals surface area contributed by atoms with Crippen molar-refractivity contribution < 1.29 is 14.6 Å². The van der Waals surface area contributed by atoms with Gasteiger partial charge in [-0.2, -0.15) is 0 Å². The number of benzene rings is 2. The molecule has 1 saturated heterocycles. The van der Waals surface area contributed by atoms with Crippen LogP contribution in [0.1, 0.15) is 43.7 Å². The maximum atomic E-state index is 10.6. The van der Waals surface area contributed by atoms with Gasteiger partial charge in [-0.05, 0) is 48.1 Å². The minimum atomic E-state index is -0.645. The van der Waals surface area contributed by atoms with Gasteiger partial charge in [-0.3, -0.25) is 4.90 Å². The molecule has 164 valence electrons. The highest BCUT2D eigenvalue weighted by atomic mass is 35.5. The normalized spacial score (nSPS) is 17.6. The van der Waals surface area contributed by atoms with E-state index in [2.05, 4.69) is 43.0 Å². The van der Waals surface area contributed by atoms with Gasteiger partial charge in [0.1, 0.15) is 18.5 Å². The lowest BCUT2D eigenvalue weighted by atomic mass is 10.0. The highest BCUT2D eigenvalue weighted by Gasteiger charge is 2.22. The number of aliphatic hydroxyl groups is 1. The molecule has 0 bridgehead atoms. The number of halogens is 2. The Balaban J connectivity index is 1.59. The van der Waals surface area contributed by atoms with Crippen LogP contribution in [0.15, 0.2) is 42.5 Å². The van der Waals surface area contributed by atoms with Crippen LogP contribution in [0, 0.1) is 0 Å². The van der Waals surface area contributed by atoms with Gasteiger partial charge in [-0.25, -0.2) is 0 Å². The Bertz CT molecular complexity index is 792. The number of ether oxygens (including phenoxy) is 2. The minimum Gasteiger partial charge on any atom is -0.489 e. The summed E-state index contributed by atoms with van der Waals surface area (Å²) in [4.78, 5) is 2.25. The molecule has 3 rings (SSSR count). The molecular weight excluding hydrogens is 421 g/mol. The zero-order chi connectivity index (χ0) is 21.5. The second kappa shape index (κ2) is 11.4. The van der Waals surface area contributed by atoms with E-state index in [0.29, 0.717) is 28.3 Å². The van der Waals surface area contributed by atoms with Crippen LogP contribution in [0.25, 0.3) is 0 Å². The molecule has 1 aliphatic heterocycles. The highest BCUT2D eigenvalue weighted by Crippen LogP contribution is 2.27. The van der Waals surface area contributed by atoms with Crippen molar-refractivity contribution in [2.45, 2.75) is 51.4 Å². The molecule has 1 N–H and O–H groups in total. The Kier molecular flexibility index (Phi) is 8.84. The molecule has 2 aromatic rings. The van der Waals surface area contributed by atoms with Crippen LogP contribution in [0.4, 0.5) is 0 Å². The molecular formula is C24H31Cl2NO3. The van der Waals surface area contributed by atoms with Gasteiger partial charge in [0.2, 0.25) is 0 Å². The summed E-state index contributed by atoms with van der Waals surface area (Å²) in [5, 5.41) is 11.6. The average Bonchev–Trinajstić information content (AvgIpc) is 3.20. The first-order chi connectivity index (χ1) is 14.4. The van der Waals surface area contributed by atoms with E-state index in [0.717, 1.165) is 32.5 Å². The molecule has 0 spiro atoms. The van der Waals surface area contributed by atoms with E-state index in [-0.39, 0.29) is 12.7 Å². The number of hydrogen-bond donors (Lipinski definition) is 1. The molecule has 1 aliphatic rings. The van der Waals surface area contributed by atoms with Crippen molar-refractivity contribution in [1.82, 2.24) is 4.90 Å². The smallest absolute Gasteiger partial charge is 0.138 e. The summed E-state index contributed by atoms with van der Waals surface area (Å²) in [6.07, 6.45) is 1.74. The second-order valence-corrected chi connectivity index (χ2v) is 9.11. The van der Waals surface area contributed by atoms with Gasteiger partial charge in [0.05, 0.1) is 11.1 Å². The Labute approximate surface area is 189 Å². The van der Waals surface area contributed by atoms with Crippen molar-refractivity contribution >= 4 is 23.2 Å². The molecule has 0 amide bonds. The van der Waals surface area contributed by atoms with Gasteiger partial charge in [0.25, 0.3) is 0 Å². The summed E-state index contributed by atoms with van der Waals surface area (Å²) >= 11 is 12.1. The van der Waals surface area contributed by atoms with E-state index < -0.39 is 6.10 Å². The van der Waals surface area contributed by atoms with E-state index in [1.165, 1.54) is 11.1 Å². The molecule has 6 heteroatoms. The monoisotopic (exact) mass is 451 g/mol. The van der Waals surface area contributed by atoms with Crippen LogP contribution in [0.2, 0.25) is 10.0 Å². The number of hydrogen-bond acceptors (Lipinski definition) is 4. The molecule has 0 radical (unpaired) electrons. The zero-order valence-electron chi connectivity index (χ0n) is 17.7. The Morgan fingerprint density at radius 1 is 1.17 bits per heavy atom. The molecule has 4 nitrogen and oxygen atoms in total. The van der Waals surface area contributed by atoms with Crippen molar-refractivity contribution in [2.24, 2.45) is 0 Å². The summed E-state index contributed by atoms with van der Waals surface area (Å²) in [7, 11) is 0. The van der Waals surface area contributed by atoms with E-state index in [4.69, 9.17) is 32.7 Å². The van der Waals surface area contributed by atoms with Crippen molar-refractivity contribution in [3.8, 4) is 5.75 Å². The molecule has 1 fully saturated rings. The molecule has 0 saturated carbocycles. The third kappa shape index (κ3) is 7.14. The standard InChI is InChI=1S/C24H31Cl2NO3/c1-17(2)19-7-5-18(6-8-19)13-27(15-22-4-3-11-29-22)14-21(28)16-30-24-10-9-20(25)12-23(24)26/h5-10,12,17,21-22,28H,3-4,11,13-16H2,1-2H3. The fraction of sp³-hybridized carbons (Fsp3) is 0.500. The van der Waals surface area contributed by atoms with E-state index in [1.807, 2.05) is 0 Å². The van der Waals surface area contributed by atoms with Gasteiger partial charge in [-0.15, -0.1) is 0 Å². The molecule has 0 aliphatic carbocycles. The third-order valence-corrected chi connectivity index (χ3v) is 5.86. The fourth-order valence-electron chi connectivity index (χ4n) is 3.68. The number of rotatable bonds is 10. The van der Waals surface area contributed by atoms with Crippen LogP contribution in [-0.2, 0) is 11.3 Å². The molecule has 1 heterocycles. The molecule has 2 unspecified atom stereocenters. The number of aliphatic hydroxyl groups excluding tert-OH is 1. The lowest BCUT2D eigenvalue weighted by molar-refractivity contribution is 0.0314. The molecule has 0 aromatic heterocycles. The van der Waals surface area contributed by atoms with Crippen LogP contribution >= 0.6 is 23.2 Å². The van der Waals surface area contributed by atoms with Crippen LogP contribution in [0.5, 0.6) is 5.75 Å². The van der Waals surface area contributed by atoms with Crippen LogP contribution in [0.3, 0.4) is 0 Å². The number of nitrogens with zero attached hydrogens (tertiary/aromatic N) is 1. The lowest BCUT2D eigenvalue weighted by Crippen LogP contribution is -2.39. The lowest BCUT2D eigenvalue weighted by Gasteiger charge is -2.27. The molecule has 2 atom stereocenters. The average molecular weight is 452 g/mol. The maximum Gasteiger partial charge on any atom is 0.138 e. The van der Waals surface area contributed by atoms with Gasteiger partial charge >= 0.3 is 0 Å². The topological polar surface area (TPSA) is 41.9 Å². The molecule has 2 aromatic carbocycles. The van der Waals surface area contributed by atoms with Gasteiger partial charge in [0.15, 0.2) is 0 Å². The summed E-state index contributed by atoms with van der Waals surface area (Å²) in [5.74, 6) is 1.04. The first-order valence-electron chi connectivity index (χ1n) is 10.6. The Morgan fingerprint density at radius 3 is 2.57 bits per heavy atom. The maximum absolute atomic E-state index is 10.6. The largest absolute Gasteiger partial charge is 0.489 e. The second-order valence-electron chi connectivity index (χ2n) is 8.26. The minimum absolute atomic E-state index is 0.162. The van der Waals surface area contributed by atoms with E-state index >= 15 is 0 Å². The third-order valence-electron chi connectivity index (χ3n) is 5.33. The zero-order valence-corrected chi connectivity index (χ0v) is 19.2. The predicted octanol–water partition coefficient (Wildman–Crippen LogP) is 5.54. The summed E-state index contributed by atoms with van der Waals surface area (Å²) in [6, 6.07) is 13.8. The first-order valence-corrected chi connectivity index (χ1v) is 11.3. The van der Waals surface area contributed by atoms with Crippen LogP contribution < -0.4 is 4.74 Å². The SMILES string of the molecule is CC(C)c1ccc(CN(CC(O)COc2ccc(Cl)cc2Cl)CC2CCCO2)cc1. The quantitative estimate of drug-likeness (QED) is 0.514. The van der Waals surface area contributed by atoms with E-state index in [1.54, 1.807) is 18.2 Å².